The van der Waals surface area contributed by atoms with E-state index in [-0.39, 0.29) is 17.4 Å². The number of rotatable bonds is 9. The summed E-state index contributed by atoms with van der Waals surface area (Å²) in [5, 5.41) is 12.7. The Balaban J connectivity index is 1.61. The second-order valence-electron chi connectivity index (χ2n) is 11.2. The van der Waals surface area contributed by atoms with Gasteiger partial charge in [0.15, 0.2) is 0 Å². The molecule has 0 unspecified atom stereocenters. The number of pyridine rings is 1. The van der Waals surface area contributed by atoms with Crippen LogP contribution in [-0.4, -0.2) is 47.8 Å². The first-order valence-electron chi connectivity index (χ1n) is 12.7. The zero-order valence-corrected chi connectivity index (χ0v) is 21.5. The first-order valence-corrected chi connectivity index (χ1v) is 12.7. The molecule has 8 nitrogen and oxygen atoms in total. The molecule has 2 aliphatic carbocycles. The van der Waals surface area contributed by atoms with Crippen LogP contribution in [0.15, 0.2) is 18.3 Å². The number of likely N-dealkylation sites (N-methyl/N-ethyl adjacent to an activating group) is 1. The second kappa shape index (κ2) is 11.5. The molecule has 1 aromatic rings. The topological polar surface area (TPSA) is 104 Å². The molecule has 8 heteroatoms. The quantitative estimate of drug-likeness (QED) is 0.433. The van der Waals surface area contributed by atoms with Crippen LogP contribution in [-0.2, 0) is 16.1 Å². The van der Waals surface area contributed by atoms with Crippen molar-refractivity contribution in [1.29, 1.82) is 0 Å². The van der Waals surface area contributed by atoms with Crippen molar-refractivity contribution in [2.24, 2.45) is 11.8 Å². The summed E-state index contributed by atoms with van der Waals surface area (Å²) >= 11 is 0. The molecule has 1 heterocycles. The van der Waals surface area contributed by atoms with E-state index < -0.39 is 17.7 Å². The predicted octanol–water partition coefficient (Wildman–Crippen LogP) is 3.97. The van der Waals surface area contributed by atoms with E-state index in [0.29, 0.717) is 18.3 Å². The van der Waals surface area contributed by atoms with Gasteiger partial charge >= 0.3 is 6.09 Å². The van der Waals surface area contributed by atoms with Gasteiger partial charge < -0.3 is 26.0 Å². The number of carbonyl (C=O) groups is 2. The van der Waals surface area contributed by atoms with E-state index in [4.69, 9.17) is 4.74 Å². The van der Waals surface area contributed by atoms with Crippen LogP contribution in [0.25, 0.3) is 0 Å². The van der Waals surface area contributed by atoms with Crippen molar-refractivity contribution in [3.63, 3.8) is 0 Å². The lowest BCUT2D eigenvalue weighted by atomic mass is 9.77. The average molecular weight is 474 g/mol. The Kier molecular flexibility index (Phi) is 8.93. The van der Waals surface area contributed by atoms with Crippen LogP contribution in [0, 0.1) is 11.8 Å². The van der Waals surface area contributed by atoms with Crippen molar-refractivity contribution in [2.45, 2.75) is 96.4 Å². The summed E-state index contributed by atoms with van der Waals surface area (Å²) in [6, 6.07) is 3.19. The third-order valence-corrected chi connectivity index (χ3v) is 7.20. The summed E-state index contributed by atoms with van der Waals surface area (Å²) < 4.78 is 5.44. The van der Waals surface area contributed by atoms with Gasteiger partial charge in [-0.05, 0) is 89.5 Å². The van der Waals surface area contributed by atoms with Crippen LogP contribution in [0.1, 0.15) is 78.2 Å². The maximum Gasteiger partial charge on any atom is 0.408 e. The summed E-state index contributed by atoms with van der Waals surface area (Å²) in [7, 11) is 2.02. The molecule has 190 valence electrons. The number of nitrogens with zero attached hydrogens (tertiary/aromatic N) is 1. The Morgan fingerprint density at radius 1 is 1.21 bits per heavy atom. The third-order valence-electron chi connectivity index (χ3n) is 7.20. The summed E-state index contributed by atoms with van der Waals surface area (Å²) in [5.41, 5.74) is 0.641. The fourth-order valence-corrected chi connectivity index (χ4v) is 4.87. The number of ether oxygens (including phenoxy) is 1. The normalized spacial score (nSPS) is 22.9. The van der Waals surface area contributed by atoms with Gasteiger partial charge in [-0.1, -0.05) is 19.8 Å². The Morgan fingerprint density at radius 3 is 2.50 bits per heavy atom. The van der Waals surface area contributed by atoms with Gasteiger partial charge in [0.25, 0.3) is 0 Å². The molecule has 4 N–H and O–H groups in total. The van der Waals surface area contributed by atoms with Crippen LogP contribution in [0.3, 0.4) is 0 Å². The molecule has 0 spiro atoms. The minimum absolute atomic E-state index is 0.0776. The van der Waals surface area contributed by atoms with E-state index in [2.05, 4.69) is 33.2 Å². The van der Waals surface area contributed by atoms with Crippen LogP contribution in [0.5, 0.6) is 0 Å². The molecule has 2 amide bonds. The van der Waals surface area contributed by atoms with Gasteiger partial charge in [-0.2, -0.15) is 0 Å². The van der Waals surface area contributed by atoms with Crippen molar-refractivity contribution in [1.82, 2.24) is 20.9 Å². The van der Waals surface area contributed by atoms with Gasteiger partial charge in [-0.15, -0.1) is 0 Å². The van der Waals surface area contributed by atoms with Crippen molar-refractivity contribution in [3.8, 4) is 0 Å². The van der Waals surface area contributed by atoms with Gasteiger partial charge in [0.2, 0.25) is 5.91 Å². The van der Waals surface area contributed by atoms with Crippen molar-refractivity contribution < 1.29 is 14.3 Å². The highest BCUT2D eigenvalue weighted by Gasteiger charge is 2.35. The number of anilines is 1. The zero-order chi connectivity index (χ0) is 24.8. The van der Waals surface area contributed by atoms with E-state index in [1.165, 1.54) is 19.3 Å². The Hall–Kier alpha value is -2.19. The van der Waals surface area contributed by atoms with Crippen LogP contribution in [0.2, 0.25) is 0 Å². The molecule has 2 aliphatic rings. The first-order chi connectivity index (χ1) is 16.1. The molecular weight excluding hydrogens is 430 g/mol. The monoisotopic (exact) mass is 473 g/mol. The number of nitrogens with one attached hydrogen (secondary N) is 4. The van der Waals surface area contributed by atoms with E-state index in [0.717, 1.165) is 37.8 Å². The van der Waals surface area contributed by atoms with Gasteiger partial charge in [-0.3, -0.25) is 4.79 Å². The standard InChI is InChI=1S/C26H43N5O3/c1-18-7-9-20(10-8-18)22(31-24(33)34-25(2,3)4)23(32)30-21-15-19(11-14-29-21)16-28-17-26(27-5)12-6-13-26/h11,14-15,18,20,22,27-28H,6-10,12-13,16-17H2,1-5H3,(H,31,33)(H,29,30,32)/t18?,20?,22-/m0/s1. The molecular formula is C26H43N5O3. The minimum Gasteiger partial charge on any atom is -0.444 e. The smallest absolute Gasteiger partial charge is 0.408 e. The molecule has 0 aliphatic heterocycles. The first kappa shape index (κ1) is 26.4. The molecule has 1 aromatic heterocycles. The second-order valence-corrected chi connectivity index (χ2v) is 11.2. The van der Waals surface area contributed by atoms with Crippen LogP contribution in [0.4, 0.5) is 10.6 Å². The van der Waals surface area contributed by atoms with E-state index in [1.54, 1.807) is 6.20 Å². The highest BCUT2D eigenvalue weighted by Crippen LogP contribution is 2.32. The molecule has 2 saturated carbocycles. The molecule has 3 rings (SSSR count). The minimum atomic E-state index is -0.653. The maximum atomic E-state index is 13.3. The number of amides is 2. The molecule has 0 radical (unpaired) electrons. The highest BCUT2D eigenvalue weighted by molar-refractivity contribution is 5.96. The highest BCUT2D eigenvalue weighted by atomic mass is 16.6. The summed E-state index contributed by atoms with van der Waals surface area (Å²) in [5.74, 6) is 0.978. The molecule has 0 aromatic carbocycles. The predicted molar refractivity (Wildman–Crippen MR) is 134 cm³/mol. The lowest BCUT2D eigenvalue weighted by Crippen LogP contribution is -2.55. The molecule has 0 saturated heterocycles. The van der Waals surface area contributed by atoms with Crippen LogP contribution < -0.4 is 21.3 Å². The number of alkyl carbamates (subject to hydrolysis) is 1. The Labute approximate surface area is 204 Å². The van der Waals surface area contributed by atoms with Gasteiger partial charge in [0.05, 0.1) is 0 Å². The molecule has 2 fully saturated rings. The SMILES string of the molecule is CNC1(CNCc2ccnc(NC(=O)[C@@H](NC(=O)OC(C)(C)C)C3CCC(C)CC3)c2)CCC1. The Bertz CT molecular complexity index is 820. The van der Waals surface area contributed by atoms with E-state index >= 15 is 0 Å². The van der Waals surface area contributed by atoms with Crippen molar-refractivity contribution >= 4 is 17.8 Å². The van der Waals surface area contributed by atoms with Gasteiger partial charge in [0, 0.05) is 24.8 Å². The Morgan fingerprint density at radius 2 is 1.91 bits per heavy atom. The largest absolute Gasteiger partial charge is 0.444 e. The maximum absolute atomic E-state index is 13.3. The van der Waals surface area contributed by atoms with E-state index in [1.807, 2.05) is 40.0 Å². The molecule has 0 bridgehead atoms. The summed E-state index contributed by atoms with van der Waals surface area (Å²) in [6.07, 6.45) is 8.72. The average Bonchev–Trinajstić information content (AvgIpc) is 2.74. The van der Waals surface area contributed by atoms with Crippen LogP contribution >= 0.6 is 0 Å². The molecule has 1 atom stereocenters. The number of aromatic nitrogens is 1. The summed E-state index contributed by atoms with van der Waals surface area (Å²) in [4.78, 5) is 30.1. The molecule has 34 heavy (non-hydrogen) atoms. The van der Waals surface area contributed by atoms with Crippen molar-refractivity contribution in [3.05, 3.63) is 23.9 Å². The summed E-state index contributed by atoms with van der Waals surface area (Å²) in [6.45, 7) is 9.30. The number of carbonyl (C=O) groups excluding carboxylic acids is 2. The third kappa shape index (κ3) is 7.67. The van der Waals surface area contributed by atoms with Gasteiger partial charge in [-0.25, -0.2) is 9.78 Å². The lowest BCUT2D eigenvalue weighted by Gasteiger charge is -2.42. The number of hydrogen-bond acceptors (Lipinski definition) is 6. The zero-order valence-electron chi connectivity index (χ0n) is 21.5. The number of hydrogen-bond donors (Lipinski definition) is 4. The fourth-order valence-electron chi connectivity index (χ4n) is 4.87. The lowest BCUT2D eigenvalue weighted by molar-refractivity contribution is -0.119. The van der Waals surface area contributed by atoms with E-state index in [9.17, 15) is 9.59 Å². The van der Waals surface area contributed by atoms with Gasteiger partial charge in [0.1, 0.15) is 17.5 Å². The van der Waals surface area contributed by atoms with Crippen molar-refractivity contribution in [2.75, 3.05) is 18.9 Å². The fraction of sp³-hybridized carbons (Fsp3) is 0.731.